The molecular weight excluding hydrogens is 1270 g/mol. The van der Waals surface area contributed by atoms with E-state index in [1.807, 2.05) is 0 Å². The van der Waals surface area contributed by atoms with Gasteiger partial charge in [-0.25, -0.2) is 9.13 Å². The van der Waals surface area contributed by atoms with E-state index in [4.69, 9.17) is 32.3 Å². The summed E-state index contributed by atoms with van der Waals surface area (Å²) >= 11 is 0. The zero-order valence-corrected chi connectivity index (χ0v) is 63.3. The molecule has 0 fully saturated rings. The van der Waals surface area contributed by atoms with Gasteiger partial charge in [0.1, 0.15) is 25.4 Å². The molecule has 0 saturated heterocycles. The molecule has 0 spiro atoms. The van der Waals surface area contributed by atoms with Crippen molar-refractivity contribution in [2.45, 2.75) is 360 Å². The third-order valence-electron chi connectivity index (χ3n) is 16.6. The summed E-state index contributed by atoms with van der Waals surface area (Å²) in [5, 5.41) is 20.6. The van der Waals surface area contributed by atoms with Crippen molar-refractivity contribution in [2.75, 3.05) is 39.6 Å². The first-order chi connectivity index (χ1) is 47.2. The van der Waals surface area contributed by atoms with E-state index in [2.05, 4.69) is 106 Å². The minimum absolute atomic E-state index is 0.0993. The molecular formula is C79H142O16P2. The van der Waals surface area contributed by atoms with Gasteiger partial charge in [0.15, 0.2) is 6.10 Å². The average Bonchev–Trinajstić information content (AvgIpc) is 1.49. The lowest BCUT2D eigenvalue weighted by Crippen LogP contribution is -2.30. The first kappa shape index (κ1) is 93.7. The summed E-state index contributed by atoms with van der Waals surface area (Å²) in [6.45, 7) is 2.58. The Kier molecular flexibility index (Phi) is 70.1. The highest BCUT2D eigenvalue weighted by Crippen LogP contribution is 2.45. The second-order valence-electron chi connectivity index (χ2n) is 26.1. The lowest BCUT2D eigenvalue weighted by atomic mass is 10.0. The van der Waals surface area contributed by atoms with Gasteiger partial charge in [0.2, 0.25) is 0 Å². The molecule has 564 valence electrons. The second kappa shape index (κ2) is 72.5. The Morgan fingerprint density at radius 3 is 0.887 bits per heavy atom. The Labute approximate surface area is 591 Å². The smallest absolute Gasteiger partial charge is 0.463 e. The molecule has 0 aromatic carbocycles. The van der Waals surface area contributed by atoms with E-state index in [9.17, 15) is 43.5 Å². The Bertz CT molecular complexity index is 2110. The van der Waals surface area contributed by atoms with Gasteiger partial charge in [0.25, 0.3) is 0 Å². The number of carbonyl (C=O) groups is 3. The van der Waals surface area contributed by atoms with Gasteiger partial charge in [-0.15, -0.1) is 0 Å². The van der Waals surface area contributed by atoms with Gasteiger partial charge in [-0.05, 0) is 96.3 Å². The number of rotatable bonds is 74. The summed E-state index contributed by atoms with van der Waals surface area (Å²) in [5.41, 5.74) is 0. The number of phosphoric ester groups is 2. The van der Waals surface area contributed by atoms with E-state index in [1.165, 1.54) is 161 Å². The number of allylic oxidation sites excluding steroid dienone is 14. The van der Waals surface area contributed by atoms with Crippen LogP contribution in [0.5, 0.6) is 0 Å². The molecule has 0 amide bonds. The van der Waals surface area contributed by atoms with Crippen molar-refractivity contribution in [3.8, 4) is 0 Å². The summed E-state index contributed by atoms with van der Waals surface area (Å²) in [5.74, 6) is -1.57. The number of hydrogen-bond acceptors (Lipinski definition) is 14. The topological polar surface area (TPSA) is 231 Å². The Hall–Kier alpha value is -3.27. The van der Waals surface area contributed by atoms with Crippen LogP contribution in [-0.4, -0.2) is 95.9 Å². The van der Waals surface area contributed by atoms with E-state index < -0.39 is 91.5 Å². The summed E-state index contributed by atoms with van der Waals surface area (Å²) in [6.07, 6.45) is 80.8. The van der Waals surface area contributed by atoms with E-state index in [0.717, 1.165) is 122 Å². The molecule has 4 N–H and O–H groups in total. The van der Waals surface area contributed by atoms with Crippen LogP contribution in [0.1, 0.15) is 342 Å². The third-order valence-corrected chi connectivity index (χ3v) is 18.5. The maximum atomic E-state index is 12.9. The number of aliphatic hydroxyl groups is 2. The lowest BCUT2D eigenvalue weighted by Gasteiger charge is -2.21. The summed E-state index contributed by atoms with van der Waals surface area (Å²) in [7, 11) is -9.77. The van der Waals surface area contributed by atoms with Crippen LogP contribution in [0, 0.1) is 0 Å². The van der Waals surface area contributed by atoms with Crippen LogP contribution in [0.4, 0.5) is 0 Å². The van der Waals surface area contributed by atoms with Crippen molar-refractivity contribution in [2.24, 2.45) is 0 Å². The number of esters is 3. The normalized spacial score (nSPS) is 14.5. The van der Waals surface area contributed by atoms with Crippen LogP contribution in [0.3, 0.4) is 0 Å². The molecule has 97 heavy (non-hydrogen) atoms. The standard InChI is InChI=1S/C79H142O16P2/c1-4-7-10-13-16-19-22-25-27-28-29-30-31-32-33-34-35-36-37-38-39-40-41-42-43-44-46-49-50-53-56-59-62-65-77(82)89-68-74(80)69-91-96(85,86)92-70-75(81)71-93-97(87,88)94-73-76(95-79(84)67-64-61-58-55-52-47-24-21-18-15-12-9-6-3)72-90-78(83)66-63-60-57-54-51-48-45-26-23-20-17-14-11-8-5-2/h7,10,16,19,21,24-25,27,29-30,32-33,35-36,74-76,80-81H,4-6,8-9,11-15,17-18,20,22-23,26,28,31,34,37-73H2,1-3H3,(H,85,86)(H,87,88)/b10-7-,19-16-,24-21-,27-25-,30-29-,33-32-,36-35-. The number of phosphoric acid groups is 2. The number of ether oxygens (including phenoxy) is 3. The van der Waals surface area contributed by atoms with Crippen LogP contribution in [0.2, 0.25) is 0 Å². The van der Waals surface area contributed by atoms with Gasteiger partial charge in [-0.1, -0.05) is 311 Å². The van der Waals surface area contributed by atoms with Gasteiger partial charge < -0.3 is 34.2 Å². The van der Waals surface area contributed by atoms with E-state index in [-0.39, 0.29) is 19.3 Å². The molecule has 0 heterocycles. The van der Waals surface area contributed by atoms with E-state index in [0.29, 0.717) is 19.3 Å². The number of hydrogen-bond donors (Lipinski definition) is 4. The van der Waals surface area contributed by atoms with Crippen molar-refractivity contribution in [3.63, 3.8) is 0 Å². The predicted molar refractivity (Wildman–Crippen MR) is 399 cm³/mol. The molecule has 5 unspecified atom stereocenters. The Balaban J connectivity index is 4.36. The Morgan fingerprint density at radius 2 is 0.546 bits per heavy atom. The molecule has 0 aromatic heterocycles. The molecule has 0 aliphatic rings. The average molecular weight is 1410 g/mol. The number of unbranched alkanes of at least 4 members (excludes halogenated alkanes) is 37. The van der Waals surface area contributed by atoms with Crippen molar-refractivity contribution in [1.82, 2.24) is 0 Å². The minimum Gasteiger partial charge on any atom is -0.463 e. The van der Waals surface area contributed by atoms with Crippen LogP contribution in [-0.2, 0) is 55.8 Å². The van der Waals surface area contributed by atoms with Gasteiger partial charge in [0, 0.05) is 19.3 Å². The van der Waals surface area contributed by atoms with Crippen molar-refractivity contribution < 1.29 is 75.8 Å². The predicted octanol–water partition coefficient (Wildman–Crippen LogP) is 22.4. The van der Waals surface area contributed by atoms with Gasteiger partial charge in [-0.3, -0.25) is 32.5 Å². The molecule has 5 atom stereocenters. The maximum Gasteiger partial charge on any atom is 0.472 e. The molecule has 0 aliphatic carbocycles. The molecule has 0 aromatic rings. The van der Waals surface area contributed by atoms with E-state index >= 15 is 0 Å². The SMILES string of the molecule is CC/C=C\C/C=C\C/C=C\C/C=C\C/C=C\C/C=C\CCCCCCCCCCCCCCCCC(=O)OCC(O)COP(=O)(O)OCC(O)COP(=O)(O)OCC(COC(=O)CCCCCCCCCCCCCCCCC)OC(=O)CCCCCCC/C=C\CCCCCC. The van der Waals surface area contributed by atoms with Crippen molar-refractivity contribution in [3.05, 3.63) is 85.1 Å². The second-order valence-corrected chi connectivity index (χ2v) is 29.0. The highest BCUT2D eigenvalue weighted by molar-refractivity contribution is 7.47. The number of aliphatic hydroxyl groups excluding tert-OH is 2. The molecule has 18 heteroatoms. The van der Waals surface area contributed by atoms with Gasteiger partial charge in [0.05, 0.1) is 26.4 Å². The molecule has 0 bridgehead atoms. The largest absolute Gasteiger partial charge is 0.472 e. The minimum atomic E-state index is -4.92. The monoisotopic (exact) mass is 1410 g/mol. The lowest BCUT2D eigenvalue weighted by molar-refractivity contribution is -0.161. The molecule has 0 aliphatic heterocycles. The maximum absolute atomic E-state index is 12.9. The summed E-state index contributed by atoms with van der Waals surface area (Å²) in [4.78, 5) is 58.5. The molecule has 0 saturated carbocycles. The van der Waals surface area contributed by atoms with Crippen LogP contribution >= 0.6 is 15.6 Å². The third kappa shape index (κ3) is 73.8. The summed E-state index contributed by atoms with van der Waals surface area (Å²) in [6, 6.07) is 0. The summed E-state index contributed by atoms with van der Waals surface area (Å²) < 4.78 is 61.0. The Morgan fingerprint density at radius 1 is 0.299 bits per heavy atom. The van der Waals surface area contributed by atoms with E-state index in [1.54, 1.807) is 0 Å². The zero-order chi connectivity index (χ0) is 70.9. The van der Waals surface area contributed by atoms with Crippen LogP contribution in [0.15, 0.2) is 85.1 Å². The quantitative estimate of drug-likeness (QED) is 0.0146. The highest BCUT2D eigenvalue weighted by Gasteiger charge is 2.29. The van der Waals surface area contributed by atoms with Gasteiger partial charge in [-0.2, -0.15) is 0 Å². The fraction of sp³-hybridized carbons (Fsp3) is 0.785. The molecule has 16 nitrogen and oxygen atoms in total. The fourth-order valence-electron chi connectivity index (χ4n) is 10.7. The molecule has 0 radical (unpaired) electrons. The first-order valence-electron chi connectivity index (χ1n) is 38.9. The van der Waals surface area contributed by atoms with Crippen LogP contribution < -0.4 is 0 Å². The van der Waals surface area contributed by atoms with Crippen molar-refractivity contribution >= 4 is 33.6 Å². The fourth-order valence-corrected chi connectivity index (χ4v) is 12.3. The van der Waals surface area contributed by atoms with Crippen LogP contribution in [0.25, 0.3) is 0 Å². The zero-order valence-electron chi connectivity index (χ0n) is 61.5. The first-order valence-corrected chi connectivity index (χ1v) is 41.9. The van der Waals surface area contributed by atoms with Crippen molar-refractivity contribution in [1.29, 1.82) is 0 Å². The highest BCUT2D eigenvalue weighted by atomic mass is 31.2. The number of carbonyl (C=O) groups excluding carboxylic acids is 3. The molecule has 0 rings (SSSR count). The van der Waals surface area contributed by atoms with Gasteiger partial charge >= 0.3 is 33.6 Å².